The lowest BCUT2D eigenvalue weighted by Crippen LogP contribution is -2.14. The smallest absolute Gasteiger partial charge is 0.0438 e. The van der Waals surface area contributed by atoms with Crippen molar-refractivity contribution < 1.29 is 0 Å². The fraction of sp³-hybridized carbons (Fsp3) is 0.111. The highest BCUT2D eigenvalue weighted by molar-refractivity contribution is 6.31. The molecule has 0 radical (unpaired) electrons. The quantitative estimate of drug-likeness (QED) is 0.737. The summed E-state index contributed by atoms with van der Waals surface area (Å²) in [5.74, 6) is 0. The summed E-state index contributed by atoms with van der Waals surface area (Å²) in [6, 6.07) is 22.4. The molecule has 0 aromatic heterocycles. The van der Waals surface area contributed by atoms with Gasteiger partial charge in [-0.05, 0) is 34.4 Å². The molecule has 2 heteroatoms. The van der Waals surface area contributed by atoms with Crippen LogP contribution in [0.1, 0.15) is 17.2 Å². The number of benzene rings is 3. The van der Waals surface area contributed by atoms with Gasteiger partial charge in [-0.2, -0.15) is 0 Å². The first-order valence-electron chi connectivity index (χ1n) is 6.72. The van der Waals surface area contributed by atoms with Crippen LogP contribution in [0.3, 0.4) is 0 Å². The molecule has 3 rings (SSSR count). The van der Waals surface area contributed by atoms with Gasteiger partial charge in [-0.15, -0.1) is 0 Å². The molecule has 1 atom stereocenters. The topological polar surface area (TPSA) is 26.0 Å². The zero-order valence-corrected chi connectivity index (χ0v) is 11.8. The summed E-state index contributed by atoms with van der Waals surface area (Å²) >= 11 is 6.22. The molecule has 0 aliphatic rings. The van der Waals surface area contributed by atoms with Crippen molar-refractivity contribution in [2.24, 2.45) is 5.73 Å². The van der Waals surface area contributed by atoms with Gasteiger partial charge in [-0.1, -0.05) is 72.3 Å². The van der Waals surface area contributed by atoms with E-state index in [2.05, 4.69) is 30.3 Å². The average molecular weight is 282 g/mol. The Hall–Kier alpha value is -1.83. The molecule has 0 spiro atoms. The molecular weight excluding hydrogens is 266 g/mol. The van der Waals surface area contributed by atoms with Crippen LogP contribution in [0.2, 0.25) is 5.02 Å². The molecule has 2 N–H and O–H groups in total. The third-order valence-electron chi connectivity index (χ3n) is 3.62. The minimum absolute atomic E-state index is 0.0546. The first-order valence-corrected chi connectivity index (χ1v) is 7.10. The molecule has 0 amide bonds. The Labute approximate surface area is 124 Å². The maximum absolute atomic E-state index is 6.40. The maximum atomic E-state index is 6.40. The normalized spacial score (nSPS) is 12.5. The number of fused-ring (bicyclic) bond motifs is 1. The molecule has 1 nitrogen and oxygen atoms in total. The molecule has 0 heterocycles. The van der Waals surface area contributed by atoms with E-state index in [0.29, 0.717) is 0 Å². The second-order valence-electron chi connectivity index (χ2n) is 4.97. The Kier molecular flexibility index (Phi) is 3.72. The largest absolute Gasteiger partial charge is 0.324 e. The van der Waals surface area contributed by atoms with E-state index in [-0.39, 0.29) is 6.04 Å². The van der Waals surface area contributed by atoms with E-state index < -0.39 is 0 Å². The van der Waals surface area contributed by atoms with E-state index in [1.165, 1.54) is 16.3 Å². The summed E-state index contributed by atoms with van der Waals surface area (Å²) in [7, 11) is 0. The maximum Gasteiger partial charge on any atom is 0.0438 e. The van der Waals surface area contributed by atoms with Gasteiger partial charge in [0.25, 0.3) is 0 Å². The molecule has 0 bridgehead atoms. The molecule has 0 aliphatic carbocycles. The van der Waals surface area contributed by atoms with Crippen LogP contribution in [-0.2, 0) is 6.42 Å². The first-order chi connectivity index (χ1) is 9.75. The van der Waals surface area contributed by atoms with Gasteiger partial charge in [0, 0.05) is 11.1 Å². The Morgan fingerprint density at radius 3 is 2.40 bits per heavy atom. The van der Waals surface area contributed by atoms with Crippen LogP contribution in [0.25, 0.3) is 10.8 Å². The molecular formula is C18H16ClN. The van der Waals surface area contributed by atoms with Gasteiger partial charge in [0.05, 0.1) is 0 Å². The van der Waals surface area contributed by atoms with Crippen molar-refractivity contribution in [2.75, 3.05) is 0 Å². The Morgan fingerprint density at radius 2 is 1.55 bits per heavy atom. The van der Waals surface area contributed by atoms with Crippen LogP contribution >= 0.6 is 11.6 Å². The SMILES string of the molecule is NC(Cc1ccccc1Cl)c1cccc2ccccc12. The number of nitrogens with two attached hydrogens (primary N) is 1. The summed E-state index contributed by atoms with van der Waals surface area (Å²) in [5, 5.41) is 3.22. The van der Waals surface area contributed by atoms with Crippen molar-refractivity contribution in [1.29, 1.82) is 0 Å². The predicted octanol–water partition coefficient (Wildman–Crippen LogP) is 4.74. The van der Waals surface area contributed by atoms with E-state index >= 15 is 0 Å². The highest BCUT2D eigenvalue weighted by Gasteiger charge is 2.11. The molecule has 3 aromatic carbocycles. The molecule has 0 aliphatic heterocycles. The van der Waals surface area contributed by atoms with Gasteiger partial charge < -0.3 is 5.73 Å². The number of halogens is 1. The number of rotatable bonds is 3. The second-order valence-corrected chi connectivity index (χ2v) is 5.38. The average Bonchev–Trinajstić information content (AvgIpc) is 2.49. The monoisotopic (exact) mass is 281 g/mol. The number of hydrogen-bond donors (Lipinski definition) is 1. The summed E-state index contributed by atoms with van der Waals surface area (Å²) < 4.78 is 0. The molecule has 3 aromatic rings. The fourth-order valence-corrected chi connectivity index (χ4v) is 2.80. The highest BCUT2D eigenvalue weighted by Crippen LogP contribution is 2.27. The fourth-order valence-electron chi connectivity index (χ4n) is 2.58. The molecule has 0 fully saturated rings. The molecule has 1 unspecified atom stereocenters. The van der Waals surface area contributed by atoms with Crippen LogP contribution < -0.4 is 5.73 Å². The van der Waals surface area contributed by atoms with Gasteiger partial charge >= 0.3 is 0 Å². The summed E-state index contributed by atoms with van der Waals surface area (Å²) in [5.41, 5.74) is 8.67. The van der Waals surface area contributed by atoms with Crippen molar-refractivity contribution in [3.05, 3.63) is 82.9 Å². The van der Waals surface area contributed by atoms with Gasteiger partial charge in [-0.25, -0.2) is 0 Å². The van der Waals surface area contributed by atoms with Crippen molar-refractivity contribution in [1.82, 2.24) is 0 Å². The van der Waals surface area contributed by atoms with E-state index in [1.54, 1.807) is 0 Å². The standard InChI is InChI=1S/C18H16ClN/c19-17-11-4-2-7-14(17)12-18(20)16-10-5-8-13-6-1-3-9-15(13)16/h1-11,18H,12,20H2. The molecule has 0 saturated carbocycles. The van der Waals surface area contributed by atoms with Gasteiger partial charge in [-0.3, -0.25) is 0 Å². The van der Waals surface area contributed by atoms with E-state index in [1.807, 2.05) is 36.4 Å². The summed E-state index contributed by atoms with van der Waals surface area (Å²) in [6.45, 7) is 0. The molecule has 100 valence electrons. The Morgan fingerprint density at radius 1 is 0.850 bits per heavy atom. The minimum Gasteiger partial charge on any atom is -0.324 e. The lowest BCUT2D eigenvalue weighted by atomic mass is 9.95. The zero-order chi connectivity index (χ0) is 13.9. The van der Waals surface area contributed by atoms with Gasteiger partial charge in [0.1, 0.15) is 0 Å². The van der Waals surface area contributed by atoms with Gasteiger partial charge in [0.15, 0.2) is 0 Å². The summed E-state index contributed by atoms with van der Waals surface area (Å²) in [4.78, 5) is 0. The molecule has 20 heavy (non-hydrogen) atoms. The van der Waals surface area contributed by atoms with Crippen LogP contribution in [-0.4, -0.2) is 0 Å². The highest BCUT2D eigenvalue weighted by atomic mass is 35.5. The summed E-state index contributed by atoms with van der Waals surface area (Å²) in [6.07, 6.45) is 0.744. The first kappa shape index (κ1) is 13.2. The molecule has 0 saturated heterocycles. The predicted molar refractivity (Wildman–Crippen MR) is 86.0 cm³/mol. The third kappa shape index (κ3) is 2.55. The third-order valence-corrected chi connectivity index (χ3v) is 3.99. The van der Waals surface area contributed by atoms with E-state index in [0.717, 1.165) is 17.0 Å². The lowest BCUT2D eigenvalue weighted by molar-refractivity contribution is 0.728. The van der Waals surface area contributed by atoms with Crippen molar-refractivity contribution in [3.63, 3.8) is 0 Å². The van der Waals surface area contributed by atoms with Crippen molar-refractivity contribution in [3.8, 4) is 0 Å². The van der Waals surface area contributed by atoms with Crippen LogP contribution in [0, 0.1) is 0 Å². The lowest BCUT2D eigenvalue weighted by Gasteiger charge is -2.15. The van der Waals surface area contributed by atoms with Gasteiger partial charge in [0.2, 0.25) is 0 Å². The van der Waals surface area contributed by atoms with E-state index in [9.17, 15) is 0 Å². The van der Waals surface area contributed by atoms with Crippen molar-refractivity contribution in [2.45, 2.75) is 12.5 Å². The Bertz CT molecular complexity index is 731. The van der Waals surface area contributed by atoms with Crippen LogP contribution in [0.4, 0.5) is 0 Å². The van der Waals surface area contributed by atoms with Crippen LogP contribution in [0.15, 0.2) is 66.7 Å². The number of hydrogen-bond acceptors (Lipinski definition) is 1. The van der Waals surface area contributed by atoms with Crippen molar-refractivity contribution >= 4 is 22.4 Å². The minimum atomic E-state index is -0.0546. The zero-order valence-electron chi connectivity index (χ0n) is 11.1. The second kappa shape index (κ2) is 5.66. The van der Waals surface area contributed by atoms with Crippen LogP contribution in [0.5, 0.6) is 0 Å². The van der Waals surface area contributed by atoms with E-state index in [4.69, 9.17) is 17.3 Å². The Balaban J connectivity index is 1.97.